The van der Waals surface area contributed by atoms with Crippen LogP contribution in [-0.2, 0) is 4.79 Å². The lowest BCUT2D eigenvalue weighted by Crippen LogP contribution is -2.42. The van der Waals surface area contributed by atoms with Gasteiger partial charge in [-0.15, -0.1) is 0 Å². The maximum absolute atomic E-state index is 11.8. The summed E-state index contributed by atoms with van der Waals surface area (Å²) in [6.07, 6.45) is 2.15. The van der Waals surface area contributed by atoms with Crippen LogP contribution in [0.1, 0.15) is 13.3 Å². The van der Waals surface area contributed by atoms with Gasteiger partial charge in [-0.3, -0.25) is 9.78 Å². The average molecular weight is 392 g/mol. The predicted octanol–water partition coefficient (Wildman–Crippen LogP) is 3.56. The summed E-state index contributed by atoms with van der Waals surface area (Å²) in [5, 5.41) is 14.0. The zero-order valence-electron chi connectivity index (χ0n) is 16.5. The van der Waals surface area contributed by atoms with Gasteiger partial charge in [-0.2, -0.15) is 0 Å². The Hall–Kier alpha value is -3.12. The second-order valence-corrected chi connectivity index (χ2v) is 7.39. The monoisotopic (exact) mass is 392 g/mol. The number of fused-ring (bicyclic) bond motifs is 1. The summed E-state index contributed by atoms with van der Waals surface area (Å²) in [5.41, 5.74) is 2.62. The Bertz CT molecular complexity index is 1050. The van der Waals surface area contributed by atoms with Gasteiger partial charge in [0.15, 0.2) is 11.5 Å². The molecule has 0 saturated carbocycles. The maximum Gasteiger partial charge on any atom is 0.161 e. The number of methoxy groups -OCH3 is 1. The van der Waals surface area contributed by atoms with Gasteiger partial charge in [0.2, 0.25) is 0 Å². The van der Waals surface area contributed by atoms with Crippen molar-refractivity contribution in [2.24, 2.45) is 5.92 Å². The Morgan fingerprint density at radius 1 is 1.17 bits per heavy atom. The number of rotatable bonds is 5. The highest BCUT2D eigenvalue weighted by atomic mass is 16.5. The van der Waals surface area contributed by atoms with Crippen LogP contribution in [0, 0.1) is 5.92 Å². The van der Waals surface area contributed by atoms with E-state index in [1.54, 1.807) is 18.3 Å². The lowest BCUT2D eigenvalue weighted by molar-refractivity contribution is -0.121. The number of benzene rings is 2. The van der Waals surface area contributed by atoms with E-state index in [4.69, 9.17) is 9.47 Å². The van der Waals surface area contributed by atoms with E-state index in [0.717, 1.165) is 34.3 Å². The van der Waals surface area contributed by atoms with E-state index < -0.39 is 0 Å². The molecular weight excluding hydrogens is 368 g/mol. The number of aromatic hydroxyl groups is 1. The summed E-state index contributed by atoms with van der Waals surface area (Å²) >= 11 is 0. The molecule has 2 unspecified atom stereocenters. The van der Waals surface area contributed by atoms with Gasteiger partial charge in [-0.05, 0) is 54.4 Å². The van der Waals surface area contributed by atoms with Crippen LogP contribution >= 0.6 is 0 Å². The molecule has 1 aliphatic rings. The van der Waals surface area contributed by atoms with E-state index in [-0.39, 0.29) is 23.6 Å². The van der Waals surface area contributed by atoms with Gasteiger partial charge in [-0.1, -0.05) is 6.07 Å². The van der Waals surface area contributed by atoms with E-state index in [9.17, 15) is 9.90 Å². The molecule has 4 rings (SSSR count). The molecule has 150 valence electrons. The number of Topliss-reactive ketones (excluding diaryl/α,β-unsaturated/α-hetero) is 1. The highest BCUT2D eigenvalue weighted by molar-refractivity contribution is 5.90. The molecule has 1 fully saturated rings. The number of ether oxygens (including phenoxy) is 2. The third-order valence-corrected chi connectivity index (χ3v) is 5.39. The highest BCUT2D eigenvalue weighted by Crippen LogP contribution is 2.36. The zero-order valence-corrected chi connectivity index (χ0v) is 16.5. The van der Waals surface area contributed by atoms with Crippen molar-refractivity contribution in [2.45, 2.75) is 19.4 Å². The number of ketones is 1. The van der Waals surface area contributed by atoms with Crippen LogP contribution in [-0.4, -0.2) is 42.2 Å². The Balaban J connectivity index is 1.72. The second-order valence-electron chi connectivity index (χ2n) is 7.39. The number of pyridine rings is 1. The van der Waals surface area contributed by atoms with Crippen LogP contribution in [0.25, 0.3) is 22.0 Å². The first-order chi connectivity index (χ1) is 14.0. The summed E-state index contributed by atoms with van der Waals surface area (Å²) in [6, 6.07) is 13.1. The molecule has 2 N–H and O–H groups in total. The summed E-state index contributed by atoms with van der Waals surface area (Å²) in [5.74, 6) is 1.57. The number of aromatic nitrogens is 1. The van der Waals surface area contributed by atoms with Crippen molar-refractivity contribution in [3.05, 3.63) is 48.7 Å². The molecule has 0 bridgehead atoms. The fourth-order valence-electron chi connectivity index (χ4n) is 3.73. The predicted molar refractivity (Wildman–Crippen MR) is 111 cm³/mol. The Morgan fingerprint density at radius 3 is 2.79 bits per heavy atom. The molecule has 1 aromatic heterocycles. The maximum atomic E-state index is 11.8. The van der Waals surface area contributed by atoms with Crippen LogP contribution in [0.4, 0.5) is 0 Å². The van der Waals surface area contributed by atoms with E-state index >= 15 is 0 Å². The molecule has 1 saturated heterocycles. The molecular formula is C23H24N2O4. The van der Waals surface area contributed by atoms with Gasteiger partial charge in [0, 0.05) is 30.5 Å². The van der Waals surface area contributed by atoms with E-state index in [2.05, 4.69) is 10.3 Å². The minimum atomic E-state index is -0.125. The molecule has 2 atom stereocenters. The first-order valence-corrected chi connectivity index (χ1v) is 9.70. The van der Waals surface area contributed by atoms with Crippen LogP contribution in [0.3, 0.4) is 0 Å². The molecule has 0 spiro atoms. The third-order valence-electron chi connectivity index (χ3n) is 5.39. The van der Waals surface area contributed by atoms with Crippen LogP contribution in [0.2, 0.25) is 0 Å². The Morgan fingerprint density at radius 2 is 2.00 bits per heavy atom. The van der Waals surface area contributed by atoms with Gasteiger partial charge in [0.05, 0.1) is 19.2 Å². The lowest BCUT2D eigenvalue weighted by atomic mass is 9.93. The zero-order chi connectivity index (χ0) is 20.4. The van der Waals surface area contributed by atoms with E-state index in [0.29, 0.717) is 18.7 Å². The van der Waals surface area contributed by atoms with Crippen LogP contribution in [0.15, 0.2) is 48.7 Å². The second kappa shape index (κ2) is 8.09. The number of nitrogens with zero attached hydrogens (tertiary/aromatic N) is 1. The molecule has 2 aromatic carbocycles. The molecule has 0 aliphatic carbocycles. The minimum Gasteiger partial charge on any atom is -0.504 e. The van der Waals surface area contributed by atoms with Gasteiger partial charge < -0.3 is 19.9 Å². The van der Waals surface area contributed by atoms with Crippen molar-refractivity contribution in [3.8, 4) is 28.4 Å². The molecule has 6 nitrogen and oxygen atoms in total. The molecule has 0 amide bonds. The first-order valence-electron chi connectivity index (χ1n) is 9.70. The van der Waals surface area contributed by atoms with Crippen molar-refractivity contribution < 1.29 is 19.4 Å². The van der Waals surface area contributed by atoms with Crippen molar-refractivity contribution in [3.63, 3.8) is 0 Å². The number of piperidine rings is 1. The van der Waals surface area contributed by atoms with Gasteiger partial charge in [-0.25, -0.2) is 0 Å². The van der Waals surface area contributed by atoms with Gasteiger partial charge in [0.25, 0.3) is 0 Å². The SMILES string of the molecule is COc1cc(-c2cc(OC(C)C3CNCC(=O)C3)c3cccnc3c2)ccc1O. The van der Waals surface area contributed by atoms with E-state index in [1.807, 2.05) is 37.3 Å². The summed E-state index contributed by atoms with van der Waals surface area (Å²) in [4.78, 5) is 16.3. The number of nitrogens with one attached hydrogen (secondary N) is 1. The van der Waals surface area contributed by atoms with Crippen LogP contribution < -0.4 is 14.8 Å². The average Bonchev–Trinajstić information content (AvgIpc) is 2.74. The number of carbonyl (C=O) groups is 1. The largest absolute Gasteiger partial charge is 0.504 e. The molecule has 2 heterocycles. The number of phenolic OH excluding ortho intramolecular Hbond substituents is 1. The first kappa shape index (κ1) is 19.2. The van der Waals surface area contributed by atoms with Crippen molar-refractivity contribution in [2.75, 3.05) is 20.2 Å². The highest BCUT2D eigenvalue weighted by Gasteiger charge is 2.26. The van der Waals surface area contributed by atoms with Crippen LogP contribution in [0.5, 0.6) is 17.2 Å². The summed E-state index contributed by atoms with van der Waals surface area (Å²) in [7, 11) is 1.52. The number of hydrogen-bond acceptors (Lipinski definition) is 6. The fourth-order valence-corrected chi connectivity index (χ4v) is 3.73. The topological polar surface area (TPSA) is 80.7 Å². The van der Waals surface area contributed by atoms with E-state index in [1.165, 1.54) is 7.11 Å². The minimum absolute atomic E-state index is 0.0923. The molecule has 6 heteroatoms. The standard InChI is InChI=1S/C23H24N2O4/c1-14(17-8-18(26)13-24-12-17)29-22-11-16(9-20-19(22)4-3-7-25-20)15-5-6-21(27)23(10-15)28-2/h3-7,9-11,14,17,24,27H,8,12-13H2,1-2H3. The normalized spacial score (nSPS) is 17.9. The van der Waals surface area contributed by atoms with Gasteiger partial charge >= 0.3 is 0 Å². The van der Waals surface area contributed by atoms with Crippen molar-refractivity contribution in [1.82, 2.24) is 10.3 Å². The molecule has 1 aliphatic heterocycles. The fraction of sp³-hybridized carbons (Fsp3) is 0.304. The smallest absolute Gasteiger partial charge is 0.161 e. The van der Waals surface area contributed by atoms with Crippen molar-refractivity contribution >= 4 is 16.7 Å². The lowest BCUT2D eigenvalue weighted by Gasteiger charge is -2.28. The molecule has 0 radical (unpaired) electrons. The summed E-state index contributed by atoms with van der Waals surface area (Å²) < 4.78 is 11.6. The quantitative estimate of drug-likeness (QED) is 0.691. The number of hydrogen-bond donors (Lipinski definition) is 2. The van der Waals surface area contributed by atoms with Crippen molar-refractivity contribution in [1.29, 1.82) is 0 Å². The molecule has 29 heavy (non-hydrogen) atoms. The summed E-state index contributed by atoms with van der Waals surface area (Å²) in [6.45, 7) is 3.20. The molecule has 3 aromatic rings. The number of phenols is 1. The Labute approximate surface area is 169 Å². The Kier molecular flexibility index (Phi) is 5.36. The number of carbonyl (C=O) groups excluding carboxylic acids is 1. The van der Waals surface area contributed by atoms with Gasteiger partial charge in [0.1, 0.15) is 17.6 Å². The third kappa shape index (κ3) is 4.03.